The van der Waals surface area contributed by atoms with Crippen LogP contribution >= 0.6 is 23.2 Å². The SMILES string of the molecule is O=C(O)c1ccc(-n2c(=O)n(C(=O)c3c(Cl)cccc3Cl)c3ccccc32)cc1F. The number of aromatic nitrogens is 2. The molecule has 9 heteroatoms. The van der Waals surface area contributed by atoms with E-state index in [0.29, 0.717) is 5.52 Å². The van der Waals surface area contributed by atoms with Crippen LogP contribution < -0.4 is 5.69 Å². The Kier molecular flexibility index (Phi) is 4.93. The number of benzene rings is 3. The van der Waals surface area contributed by atoms with Gasteiger partial charge in [0.2, 0.25) is 0 Å². The number of aromatic carboxylic acids is 1. The van der Waals surface area contributed by atoms with Gasteiger partial charge in [-0.05, 0) is 42.5 Å². The maximum atomic E-state index is 14.2. The number of nitrogens with zero attached hydrogens (tertiary/aromatic N) is 2. The summed E-state index contributed by atoms with van der Waals surface area (Å²) < 4.78 is 16.3. The number of carboxylic acids is 1. The highest BCUT2D eigenvalue weighted by Gasteiger charge is 2.24. The number of imidazole rings is 1. The Hall–Kier alpha value is -3.42. The minimum Gasteiger partial charge on any atom is -0.478 e. The number of para-hydroxylation sites is 2. The molecule has 1 heterocycles. The van der Waals surface area contributed by atoms with Gasteiger partial charge in [-0.3, -0.25) is 9.36 Å². The molecule has 0 radical (unpaired) electrons. The lowest BCUT2D eigenvalue weighted by atomic mass is 10.2. The maximum Gasteiger partial charge on any atom is 0.340 e. The third-order valence-corrected chi connectivity index (χ3v) is 5.20. The van der Waals surface area contributed by atoms with Gasteiger partial charge >= 0.3 is 11.7 Å². The molecule has 0 aliphatic heterocycles. The molecule has 0 spiro atoms. The fourth-order valence-corrected chi connectivity index (χ4v) is 3.78. The van der Waals surface area contributed by atoms with Crippen LogP contribution in [0.2, 0.25) is 10.0 Å². The van der Waals surface area contributed by atoms with Crippen molar-refractivity contribution in [1.82, 2.24) is 9.13 Å². The van der Waals surface area contributed by atoms with E-state index in [9.17, 15) is 18.8 Å². The van der Waals surface area contributed by atoms with E-state index in [1.807, 2.05) is 0 Å². The van der Waals surface area contributed by atoms with Crippen molar-refractivity contribution in [1.29, 1.82) is 0 Å². The molecule has 0 saturated carbocycles. The third kappa shape index (κ3) is 3.08. The van der Waals surface area contributed by atoms with Crippen LogP contribution in [0.15, 0.2) is 65.5 Å². The average Bonchev–Trinajstić information content (AvgIpc) is 2.99. The van der Waals surface area contributed by atoms with E-state index in [1.165, 1.54) is 18.2 Å². The van der Waals surface area contributed by atoms with Gasteiger partial charge in [0.15, 0.2) is 0 Å². The first kappa shape index (κ1) is 19.9. The molecule has 0 amide bonds. The van der Waals surface area contributed by atoms with Crippen molar-refractivity contribution >= 4 is 46.1 Å². The van der Waals surface area contributed by atoms with E-state index in [0.717, 1.165) is 21.3 Å². The zero-order chi connectivity index (χ0) is 21.6. The molecule has 1 aromatic heterocycles. The molecule has 4 aromatic rings. The first-order valence-electron chi connectivity index (χ1n) is 8.55. The van der Waals surface area contributed by atoms with Gasteiger partial charge in [-0.25, -0.2) is 18.5 Å². The molecule has 6 nitrogen and oxygen atoms in total. The van der Waals surface area contributed by atoms with Crippen molar-refractivity contribution < 1.29 is 19.1 Å². The summed E-state index contributed by atoms with van der Waals surface area (Å²) in [5.74, 6) is -3.19. The highest BCUT2D eigenvalue weighted by Crippen LogP contribution is 2.27. The van der Waals surface area contributed by atoms with Crippen molar-refractivity contribution in [2.45, 2.75) is 0 Å². The second kappa shape index (κ2) is 7.44. The Bertz CT molecular complexity index is 1390. The fraction of sp³-hybridized carbons (Fsp3) is 0. The minimum atomic E-state index is -1.43. The quantitative estimate of drug-likeness (QED) is 0.499. The van der Waals surface area contributed by atoms with E-state index in [2.05, 4.69) is 0 Å². The summed E-state index contributed by atoms with van der Waals surface area (Å²) in [7, 11) is 0. The zero-order valence-corrected chi connectivity index (χ0v) is 16.5. The zero-order valence-electron chi connectivity index (χ0n) is 15.0. The monoisotopic (exact) mass is 444 g/mol. The molecule has 1 N–H and O–H groups in total. The Balaban J connectivity index is 2.01. The van der Waals surface area contributed by atoms with E-state index in [4.69, 9.17) is 28.3 Å². The molecule has 0 bridgehead atoms. The van der Waals surface area contributed by atoms with Crippen LogP contribution in [0.3, 0.4) is 0 Å². The van der Waals surface area contributed by atoms with Crippen molar-refractivity contribution in [3.63, 3.8) is 0 Å². The first-order valence-corrected chi connectivity index (χ1v) is 9.31. The van der Waals surface area contributed by atoms with Gasteiger partial charge in [-0.15, -0.1) is 0 Å². The summed E-state index contributed by atoms with van der Waals surface area (Å²) in [5.41, 5.74) is -0.712. The molecule has 0 saturated heterocycles. The van der Waals surface area contributed by atoms with Gasteiger partial charge in [0, 0.05) is 0 Å². The van der Waals surface area contributed by atoms with Crippen LogP contribution in [0.4, 0.5) is 4.39 Å². The van der Waals surface area contributed by atoms with Gasteiger partial charge in [0.1, 0.15) is 5.82 Å². The average molecular weight is 445 g/mol. The molecule has 4 rings (SSSR count). The summed E-state index contributed by atoms with van der Waals surface area (Å²) in [5, 5.41) is 9.18. The lowest BCUT2D eigenvalue weighted by molar-refractivity contribution is 0.0691. The smallest absolute Gasteiger partial charge is 0.340 e. The summed E-state index contributed by atoms with van der Waals surface area (Å²) in [6.07, 6.45) is 0. The minimum absolute atomic E-state index is 0.0433. The number of hydrogen-bond donors (Lipinski definition) is 1. The van der Waals surface area contributed by atoms with E-state index >= 15 is 0 Å². The topological polar surface area (TPSA) is 81.3 Å². The summed E-state index contributed by atoms with van der Waals surface area (Å²) in [6, 6.07) is 14.2. The maximum absolute atomic E-state index is 14.2. The van der Waals surface area contributed by atoms with Gasteiger partial charge < -0.3 is 5.11 Å². The second-order valence-electron chi connectivity index (χ2n) is 6.31. The van der Waals surface area contributed by atoms with Crippen LogP contribution in [0.1, 0.15) is 20.7 Å². The Morgan fingerprint density at radius 2 is 1.53 bits per heavy atom. The normalized spacial score (nSPS) is 11.0. The van der Waals surface area contributed by atoms with Gasteiger partial charge in [0.05, 0.1) is 37.9 Å². The molecule has 3 aromatic carbocycles. The Morgan fingerprint density at radius 1 is 0.900 bits per heavy atom. The van der Waals surface area contributed by atoms with Gasteiger partial charge in [-0.2, -0.15) is 0 Å². The van der Waals surface area contributed by atoms with Crippen molar-refractivity contribution in [2.75, 3.05) is 0 Å². The summed E-state index contributed by atoms with van der Waals surface area (Å²) in [6.45, 7) is 0. The van der Waals surface area contributed by atoms with Gasteiger partial charge in [-0.1, -0.05) is 41.4 Å². The van der Waals surface area contributed by atoms with Crippen molar-refractivity contribution in [3.8, 4) is 5.69 Å². The largest absolute Gasteiger partial charge is 0.478 e. The van der Waals surface area contributed by atoms with Gasteiger partial charge in [0.25, 0.3) is 5.91 Å². The van der Waals surface area contributed by atoms with Crippen LogP contribution in [-0.2, 0) is 0 Å². The predicted octanol–water partition coefficient (Wildman–Crippen LogP) is 4.62. The number of carbonyl (C=O) groups excluding carboxylic acids is 1. The molecular formula is C21H11Cl2FN2O4. The number of rotatable bonds is 3. The lowest BCUT2D eigenvalue weighted by Gasteiger charge is -2.07. The van der Waals surface area contributed by atoms with E-state index in [-0.39, 0.29) is 26.8 Å². The molecular weight excluding hydrogens is 434 g/mol. The van der Waals surface area contributed by atoms with Crippen molar-refractivity contribution in [2.24, 2.45) is 0 Å². The molecule has 0 fully saturated rings. The highest BCUT2D eigenvalue weighted by atomic mass is 35.5. The number of hydrogen-bond acceptors (Lipinski definition) is 3. The summed E-state index contributed by atoms with van der Waals surface area (Å²) >= 11 is 12.3. The molecule has 30 heavy (non-hydrogen) atoms. The Morgan fingerprint density at radius 3 is 2.13 bits per heavy atom. The second-order valence-corrected chi connectivity index (χ2v) is 7.13. The van der Waals surface area contributed by atoms with Crippen LogP contribution in [0, 0.1) is 5.82 Å². The Labute approximate surface area is 178 Å². The number of carboxylic acid groups (broad SMARTS) is 1. The number of carbonyl (C=O) groups is 2. The van der Waals surface area contributed by atoms with E-state index in [1.54, 1.807) is 30.3 Å². The van der Waals surface area contributed by atoms with Crippen LogP contribution in [0.25, 0.3) is 16.7 Å². The molecule has 0 atom stereocenters. The fourth-order valence-electron chi connectivity index (χ4n) is 3.22. The first-order chi connectivity index (χ1) is 14.3. The molecule has 150 valence electrons. The molecule has 0 unspecified atom stereocenters. The number of halogens is 3. The molecule has 0 aliphatic carbocycles. The standard InChI is InChI=1S/C21H11Cl2FN2O4/c22-13-4-3-5-14(23)18(13)19(27)26-17-7-2-1-6-16(17)25(21(26)30)11-8-9-12(20(28)29)15(24)10-11/h1-10H,(H,28,29). The van der Waals surface area contributed by atoms with Crippen molar-refractivity contribution in [3.05, 3.63) is 98.1 Å². The molecule has 0 aliphatic rings. The number of fused-ring (bicyclic) bond motifs is 1. The highest BCUT2D eigenvalue weighted by molar-refractivity contribution is 6.39. The predicted molar refractivity (Wildman–Crippen MR) is 111 cm³/mol. The van der Waals surface area contributed by atoms with E-state index < -0.39 is 28.9 Å². The van der Waals surface area contributed by atoms with Crippen LogP contribution in [-0.4, -0.2) is 26.1 Å². The third-order valence-electron chi connectivity index (χ3n) is 4.57. The van der Waals surface area contributed by atoms with Crippen LogP contribution in [0.5, 0.6) is 0 Å². The summed E-state index contributed by atoms with van der Waals surface area (Å²) in [4.78, 5) is 37.5. The lowest BCUT2D eigenvalue weighted by Crippen LogP contribution is -2.29.